The molecule has 1 aromatic rings. The molecule has 58 valence electrons. The smallest absolute Gasteiger partial charge is 0.0930 e. The largest absolute Gasteiger partial charge is 0.251 e. The van der Waals surface area contributed by atoms with E-state index in [1.165, 1.54) is 12.0 Å². The molecule has 2 nitrogen and oxygen atoms in total. The minimum absolute atomic E-state index is 0.990. The van der Waals surface area contributed by atoms with Crippen molar-refractivity contribution in [2.75, 3.05) is 5.48 Å². The first-order chi connectivity index (χ1) is 5.29. The van der Waals surface area contributed by atoms with Gasteiger partial charge in [0.2, 0.25) is 0 Å². The van der Waals surface area contributed by atoms with Crippen LogP contribution in [0.2, 0.25) is 0 Å². The highest BCUT2D eigenvalue weighted by atomic mass is 79.9. The fraction of sp³-hybridized carbons (Fsp3) is 0. The lowest BCUT2D eigenvalue weighted by Crippen LogP contribution is -1.86. The Bertz CT molecular complexity index is 276. The molecule has 0 bridgehead atoms. The summed E-state index contributed by atoms with van der Waals surface area (Å²) in [5, 5.41) is 0. The monoisotopic (exact) mass is 295 g/mol. The van der Waals surface area contributed by atoms with Crippen molar-refractivity contribution in [2.45, 2.75) is 4.90 Å². The van der Waals surface area contributed by atoms with Crippen molar-refractivity contribution >= 4 is 49.6 Å². The number of anilines is 1. The van der Waals surface area contributed by atoms with Crippen LogP contribution in [0.1, 0.15) is 0 Å². The first-order valence-electron chi connectivity index (χ1n) is 2.86. The van der Waals surface area contributed by atoms with Crippen molar-refractivity contribution in [3.05, 3.63) is 21.1 Å². The molecule has 5 heteroatoms. The number of hydrogen-bond donors (Lipinski definition) is 1. The molecule has 11 heavy (non-hydrogen) atoms. The second kappa shape index (κ2) is 2.97. The third kappa shape index (κ3) is 1.30. The lowest BCUT2D eigenvalue weighted by molar-refractivity contribution is 0.491. The van der Waals surface area contributed by atoms with E-state index in [0.29, 0.717) is 0 Å². The molecule has 0 fully saturated rings. The fourth-order valence-electron chi connectivity index (χ4n) is 0.814. The van der Waals surface area contributed by atoms with Crippen LogP contribution in [-0.2, 0) is 4.28 Å². The van der Waals surface area contributed by atoms with Gasteiger partial charge in [0.05, 0.1) is 22.6 Å². The van der Waals surface area contributed by atoms with Gasteiger partial charge in [0, 0.05) is 8.95 Å². The van der Waals surface area contributed by atoms with E-state index < -0.39 is 0 Å². The van der Waals surface area contributed by atoms with Gasteiger partial charge in [-0.25, -0.2) is 0 Å². The average molecular weight is 297 g/mol. The van der Waals surface area contributed by atoms with Crippen LogP contribution in [0.25, 0.3) is 0 Å². The topological polar surface area (TPSA) is 21.3 Å². The van der Waals surface area contributed by atoms with Crippen molar-refractivity contribution in [1.29, 1.82) is 0 Å². The molecule has 2 rings (SSSR count). The molecule has 1 aliphatic heterocycles. The minimum atomic E-state index is 0.990. The Labute approximate surface area is 85.1 Å². The molecule has 0 saturated carbocycles. The van der Waals surface area contributed by atoms with E-state index in [2.05, 4.69) is 37.3 Å². The van der Waals surface area contributed by atoms with Crippen molar-refractivity contribution in [3.63, 3.8) is 0 Å². The quantitative estimate of drug-likeness (QED) is 0.740. The Kier molecular flexibility index (Phi) is 2.14. The standard InChI is InChI=1S/C6H3Br2NOS/c7-3-1-2-4(8)6-5(3)9-10-11-6/h1-2,9H. The van der Waals surface area contributed by atoms with Gasteiger partial charge in [-0.05, 0) is 44.0 Å². The summed E-state index contributed by atoms with van der Waals surface area (Å²) in [5.74, 6) is 0. The van der Waals surface area contributed by atoms with Crippen molar-refractivity contribution in [1.82, 2.24) is 0 Å². The summed E-state index contributed by atoms with van der Waals surface area (Å²) in [6, 6.07) is 3.94. The van der Waals surface area contributed by atoms with E-state index >= 15 is 0 Å². The molecule has 0 unspecified atom stereocenters. The van der Waals surface area contributed by atoms with E-state index in [-0.39, 0.29) is 0 Å². The van der Waals surface area contributed by atoms with E-state index in [1.807, 2.05) is 12.1 Å². The number of rotatable bonds is 0. The Morgan fingerprint density at radius 1 is 1.27 bits per heavy atom. The Balaban J connectivity index is 2.64. The summed E-state index contributed by atoms with van der Waals surface area (Å²) >= 11 is 8.15. The number of nitrogens with one attached hydrogen (secondary N) is 1. The predicted molar refractivity (Wildman–Crippen MR) is 52.4 cm³/mol. The second-order valence-electron chi connectivity index (χ2n) is 2.00. The molecule has 0 amide bonds. The first-order valence-corrected chi connectivity index (χ1v) is 5.19. The van der Waals surface area contributed by atoms with E-state index in [4.69, 9.17) is 4.28 Å². The number of benzene rings is 1. The Morgan fingerprint density at radius 2 is 2.00 bits per heavy atom. The van der Waals surface area contributed by atoms with Crippen LogP contribution in [0.4, 0.5) is 5.69 Å². The summed E-state index contributed by atoms with van der Waals surface area (Å²) in [7, 11) is 0. The molecule has 0 aromatic heterocycles. The SMILES string of the molecule is Brc1ccc(Br)c2c1NOS2. The molecule has 1 N–H and O–H groups in total. The van der Waals surface area contributed by atoms with Crippen LogP contribution >= 0.6 is 43.9 Å². The molecular weight excluding hydrogens is 294 g/mol. The van der Waals surface area contributed by atoms with Gasteiger partial charge in [0.1, 0.15) is 0 Å². The van der Waals surface area contributed by atoms with E-state index in [0.717, 1.165) is 19.5 Å². The second-order valence-corrected chi connectivity index (χ2v) is 4.45. The van der Waals surface area contributed by atoms with Gasteiger partial charge in [0.15, 0.2) is 0 Å². The normalized spacial score (nSPS) is 14.4. The van der Waals surface area contributed by atoms with Gasteiger partial charge in [-0.1, -0.05) is 0 Å². The van der Waals surface area contributed by atoms with Crippen LogP contribution < -0.4 is 5.48 Å². The maximum Gasteiger partial charge on any atom is 0.0930 e. The third-order valence-electron chi connectivity index (χ3n) is 1.33. The van der Waals surface area contributed by atoms with Crippen molar-refractivity contribution < 1.29 is 4.28 Å². The number of halogens is 2. The number of fused-ring (bicyclic) bond motifs is 1. The van der Waals surface area contributed by atoms with Gasteiger partial charge in [-0.15, -0.1) is 0 Å². The zero-order valence-corrected chi connectivity index (χ0v) is 9.22. The molecule has 0 saturated heterocycles. The Hall–Kier alpha value is 0.290. The summed E-state index contributed by atoms with van der Waals surface area (Å²) in [5.41, 5.74) is 3.79. The molecule has 1 aliphatic rings. The van der Waals surface area contributed by atoms with Gasteiger partial charge >= 0.3 is 0 Å². The van der Waals surface area contributed by atoms with E-state index in [1.54, 1.807) is 0 Å². The number of hydrogen-bond acceptors (Lipinski definition) is 3. The first kappa shape index (κ1) is 7.91. The summed E-state index contributed by atoms with van der Waals surface area (Å²) in [6.07, 6.45) is 0. The lowest BCUT2D eigenvalue weighted by Gasteiger charge is -1.99. The molecule has 0 atom stereocenters. The highest BCUT2D eigenvalue weighted by molar-refractivity contribution is 9.11. The maximum absolute atomic E-state index is 4.98. The maximum atomic E-state index is 4.98. The molecule has 0 aliphatic carbocycles. The van der Waals surface area contributed by atoms with Crippen LogP contribution in [0.3, 0.4) is 0 Å². The van der Waals surface area contributed by atoms with Gasteiger partial charge in [-0.2, -0.15) is 4.28 Å². The molecule has 0 spiro atoms. The van der Waals surface area contributed by atoms with Gasteiger partial charge < -0.3 is 0 Å². The van der Waals surface area contributed by atoms with Crippen LogP contribution in [0.5, 0.6) is 0 Å². The molecule has 1 aromatic carbocycles. The highest BCUT2D eigenvalue weighted by Gasteiger charge is 2.18. The molecule has 1 heterocycles. The van der Waals surface area contributed by atoms with Gasteiger partial charge in [-0.3, -0.25) is 5.48 Å². The fourth-order valence-corrected chi connectivity index (χ4v) is 2.48. The predicted octanol–water partition coefficient (Wildman–Crippen LogP) is 3.58. The zero-order valence-electron chi connectivity index (χ0n) is 5.23. The van der Waals surface area contributed by atoms with Crippen LogP contribution in [0.15, 0.2) is 26.0 Å². The highest BCUT2D eigenvalue weighted by Crippen LogP contribution is 2.44. The summed E-state index contributed by atoms with van der Waals surface area (Å²) in [6.45, 7) is 0. The summed E-state index contributed by atoms with van der Waals surface area (Å²) < 4.78 is 7.04. The minimum Gasteiger partial charge on any atom is -0.251 e. The molecular formula is C6H3Br2NOS. The van der Waals surface area contributed by atoms with Crippen molar-refractivity contribution in [2.24, 2.45) is 0 Å². The summed E-state index contributed by atoms with van der Waals surface area (Å²) in [4.78, 5) is 1.08. The van der Waals surface area contributed by atoms with Crippen LogP contribution in [-0.4, -0.2) is 0 Å². The van der Waals surface area contributed by atoms with Crippen LogP contribution in [0, 0.1) is 0 Å². The molecule has 0 radical (unpaired) electrons. The lowest BCUT2D eigenvalue weighted by atomic mass is 10.3. The Morgan fingerprint density at radius 3 is 2.73 bits per heavy atom. The van der Waals surface area contributed by atoms with Crippen molar-refractivity contribution in [3.8, 4) is 0 Å². The average Bonchev–Trinajstić information content (AvgIpc) is 2.45. The van der Waals surface area contributed by atoms with Gasteiger partial charge in [0.25, 0.3) is 0 Å². The third-order valence-corrected chi connectivity index (χ3v) is 3.67. The zero-order chi connectivity index (χ0) is 7.84. The van der Waals surface area contributed by atoms with E-state index in [9.17, 15) is 0 Å².